The SMILES string of the molecule is CCC1CNC(C(C)(C)C)CN1CC1CC1. The average molecular weight is 224 g/mol. The molecule has 0 bridgehead atoms. The van der Waals surface area contributed by atoms with Crippen molar-refractivity contribution in [2.24, 2.45) is 11.3 Å². The van der Waals surface area contributed by atoms with Gasteiger partial charge in [-0.05, 0) is 30.6 Å². The maximum atomic E-state index is 3.74. The monoisotopic (exact) mass is 224 g/mol. The molecule has 16 heavy (non-hydrogen) atoms. The molecule has 0 aromatic heterocycles. The van der Waals surface area contributed by atoms with Crippen LogP contribution in [-0.2, 0) is 0 Å². The van der Waals surface area contributed by atoms with Crippen LogP contribution in [0.25, 0.3) is 0 Å². The van der Waals surface area contributed by atoms with Gasteiger partial charge in [0.1, 0.15) is 0 Å². The lowest BCUT2D eigenvalue weighted by atomic mass is 9.84. The fourth-order valence-corrected chi connectivity index (χ4v) is 2.69. The molecule has 2 heteroatoms. The third-order valence-electron chi connectivity index (χ3n) is 4.24. The second kappa shape index (κ2) is 4.66. The first-order valence-electron chi connectivity index (χ1n) is 6.98. The van der Waals surface area contributed by atoms with E-state index in [-0.39, 0.29) is 0 Å². The van der Waals surface area contributed by atoms with Gasteiger partial charge in [-0.2, -0.15) is 0 Å². The zero-order valence-corrected chi connectivity index (χ0v) is 11.4. The first kappa shape index (κ1) is 12.4. The Bertz CT molecular complexity index is 227. The van der Waals surface area contributed by atoms with Crippen LogP contribution in [0.2, 0.25) is 0 Å². The molecule has 0 amide bonds. The van der Waals surface area contributed by atoms with Gasteiger partial charge in [0, 0.05) is 31.7 Å². The number of piperazine rings is 1. The summed E-state index contributed by atoms with van der Waals surface area (Å²) in [6.45, 7) is 13.2. The number of hydrogen-bond acceptors (Lipinski definition) is 2. The lowest BCUT2D eigenvalue weighted by molar-refractivity contribution is 0.0797. The third-order valence-corrected chi connectivity index (χ3v) is 4.24. The molecule has 1 aliphatic carbocycles. The van der Waals surface area contributed by atoms with E-state index < -0.39 is 0 Å². The van der Waals surface area contributed by atoms with Gasteiger partial charge in [-0.25, -0.2) is 0 Å². The molecule has 2 atom stereocenters. The predicted molar refractivity (Wildman–Crippen MR) is 69.6 cm³/mol. The lowest BCUT2D eigenvalue weighted by Gasteiger charge is -2.45. The molecule has 1 N–H and O–H groups in total. The van der Waals surface area contributed by atoms with E-state index >= 15 is 0 Å². The predicted octanol–water partition coefficient (Wildman–Crippen LogP) is 2.49. The Morgan fingerprint density at radius 1 is 1.25 bits per heavy atom. The first-order chi connectivity index (χ1) is 7.50. The highest BCUT2D eigenvalue weighted by atomic mass is 15.2. The van der Waals surface area contributed by atoms with Crippen molar-refractivity contribution in [2.45, 2.75) is 59.0 Å². The Morgan fingerprint density at radius 2 is 1.94 bits per heavy atom. The summed E-state index contributed by atoms with van der Waals surface area (Å²) in [5.41, 5.74) is 0.389. The molecule has 2 aliphatic rings. The topological polar surface area (TPSA) is 15.3 Å². The molecule has 1 saturated heterocycles. The fraction of sp³-hybridized carbons (Fsp3) is 1.00. The molecule has 2 unspecified atom stereocenters. The largest absolute Gasteiger partial charge is 0.311 e. The van der Waals surface area contributed by atoms with E-state index in [4.69, 9.17) is 0 Å². The summed E-state index contributed by atoms with van der Waals surface area (Å²) in [5.74, 6) is 1.02. The normalized spacial score (nSPS) is 33.0. The van der Waals surface area contributed by atoms with Gasteiger partial charge in [-0.1, -0.05) is 27.7 Å². The number of rotatable bonds is 3. The molecule has 2 fully saturated rings. The van der Waals surface area contributed by atoms with Crippen molar-refractivity contribution in [3.05, 3.63) is 0 Å². The van der Waals surface area contributed by atoms with Crippen LogP contribution >= 0.6 is 0 Å². The van der Waals surface area contributed by atoms with E-state index in [0.29, 0.717) is 11.5 Å². The van der Waals surface area contributed by atoms with E-state index in [1.165, 1.54) is 38.9 Å². The minimum Gasteiger partial charge on any atom is -0.311 e. The lowest BCUT2D eigenvalue weighted by Crippen LogP contribution is -2.60. The smallest absolute Gasteiger partial charge is 0.0244 e. The van der Waals surface area contributed by atoms with Gasteiger partial charge in [0.05, 0.1) is 0 Å². The number of nitrogens with zero attached hydrogens (tertiary/aromatic N) is 1. The molecule has 1 heterocycles. The van der Waals surface area contributed by atoms with Crippen LogP contribution in [0.1, 0.15) is 47.0 Å². The minimum absolute atomic E-state index is 0.389. The highest BCUT2D eigenvalue weighted by Gasteiger charge is 2.35. The summed E-state index contributed by atoms with van der Waals surface area (Å²) in [6, 6.07) is 1.44. The maximum Gasteiger partial charge on any atom is 0.0244 e. The number of hydrogen-bond donors (Lipinski definition) is 1. The molecule has 2 nitrogen and oxygen atoms in total. The second-order valence-corrected chi connectivity index (χ2v) is 6.79. The van der Waals surface area contributed by atoms with Crippen LogP contribution in [0.4, 0.5) is 0 Å². The molecule has 0 radical (unpaired) electrons. The quantitative estimate of drug-likeness (QED) is 0.792. The third kappa shape index (κ3) is 2.98. The standard InChI is InChI=1S/C14H28N2/c1-5-12-8-15-13(14(2,3)4)10-16(12)9-11-6-7-11/h11-13,15H,5-10H2,1-4H3. The Hall–Kier alpha value is -0.0800. The zero-order valence-electron chi connectivity index (χ0n) is 11.4. The minimum atomic E-state index is 0.389. The van der Waals surface area contributed by atoms with Crippen LogP contribution in [0.5, 0.6) is 0 Å². The summed E-state index contributed by atoms with van der Waals surface area (Å²) in [5, 5.41) is 3.74. The summed E-state index contributed by atoms with van der Waals surface area (Å²) < 4.78 is 0. The molecule has 94 valence electrons. The van der Waals surface area contributed by atoms with Crippen LogP contribution in [0.3, 0.4) is 0 Å². The van der Waals surface area contributed by atoms with Crippen molar-refractivity contribution in [2.75, 3.05) is 19.6 Å². The Balaban J connectivity index is 1.94. The molecule has 1 saturated carbocycles. The van der Waals surface area contributed by atoms with Gasteiger partial charge < -0.3 is 5.32 Å². The second-order valence-electron chi connectivity index (χ2n) is 6.79. The summed E-state index contributed by atoms with van der Waals surface area (Å²) in [6.07, 6.45) is 4.23. The maximum absolute atomic E-state index is 3.74. The van der Waals surface area contributed by atoms with E-state index in [2.05, 4.69) is 37.9 Å². The van der Waals surface area contributed by atoms with E-state index in [0.717, 1.165) is 12.0 Å². The van der Waals surface area contributed by atoms with Gasteiger partial charge in [-0.15, -0.1) is 0 Å². The van der Waals surface area contributed by atoms with Crippen molar-refractivity contribution in [1.29, 1.82) is 0 Å². The summed E-state index contributed by atoms with van der Waals surface area (Å²) >= 11 is 0. The molecule has 2 rings (SSSR count). The van der Waals surface area contributed by atoms with E-state index in [1.807, 2.05) is 0 Å². The van der Waals surface area contributed by atoms with Crippen LogP contribution < -0.4 is 5.32 Å². The van der Waals surface area contributed by atoms with Crippen molar-refractivity contribution >= 4 is 0 Å². The van der Waals surface area contributed by atoms with Gasteiger partial charge in [-0.3, -0.25) is 4.90 Å². The fourth-order valence-electron chi connectivity index (χ4n) is 2.69. The Morgan fingerprint density at radius 3 is 2.44 bits per heavy atom. The van der Waals surface area contributed by atoms with Crippen molar-refractivity contribution < 1.29 is 0 Å². The van der Waals surface area contributed by atoms with Gasteiger partial charge >= 0.3 is 0 Å². The Labute approximate surface area is 101 Å². The molecular formula is C14H28N2. The molecule has 0 aromatic carbocycles. The van der Waals surface area contributed by atoms with Gasteiger partial charge in [0.15, 0.2) is 0 Å². The van der Waals surface area contributed by atoms with Gasteiger partial charge in [0.25, 0.3) is 0 Å². The summed E-state index contributed by atoms with van der Waals surface area (Å²) in [7, 11) is 0. The van der Waals surface area contributed by atoms with Crippen LogP contribution in [0, 0.1) is 11.3 Å². The zero-order chi connectivity index (χ0) is 11.8. The molecule has 1 aliphatic heterocycles. The highest BCUT2D eigenvalue weighted by molar-refractivity contribution is 4.93. The first-order valence-corrected chi connectivity index (χ1v) is 6.98. The Kier molecular flexibility index (Phi) is 3.60. The number of nitrogens with one attached hydrogen (secondary N) is 1. The molecular weight excluding hydrogens is 196 g/mol. The summed E-state index contributed by atoms with van der Waals surface area (Å²) in [4.78, 5) is 2.75. The molecule has 0 aromatic rings. The van der Waals surface area contributed by atoms with E-state index in [9.17, 15) is 0 Å². The highest BCUT2D eigenvalue weighted by Crippen LogP contribution is 2.32. The van der Waals surface area contributed by atoms with Crippen molar-refractivity contribution in [3.63, 3.8) is 0 Å². The van der Waals surface area contributed by atoms with Crippen LogP contribution in [0.15, 0.2) is 0 Å². The van der Waals surface area contributed by atoms with Gasteiger partial charge in [0.2, 0.25) is 0 Å². The van der Waals surface area contributed by atoms with Crippen molar-refractivity contribution in [3.8, 4) is 0 Å². The molecule has 0 spiro atoms. The average Bonchev–Trinajstić information content (AvgIpc) is 3.00. The van der Waals surface area contributed by atoms with E-state index in [1.54, 1.807) is 0 Å². The van der Waals surface area contributed by atoms with Crippen LogP contribution in [-0.4, -0.2) is 36.6 Å². The van der Waals surface area contributed by atoms with Crippen molar-refractivity contribution in [1.82, 2.24) is 10.2 Å².